The Morgan fingerprint density at radius 3 is 2.92 bits per heavy atom. The maximum Gasteiger partial charge on any atom is 0.202 e. The Morgan fingerprint density at radius 2 is 2.38 bits per heavy atom. The van der Waals surface area contributed by atoms with Gasteiger partial charge in [-0.2, -0.15) is 4.37 Å². The summed E-state index contributed by atoms with van der Waals surface area (Å²) >= 11 is 1.34. The minimum Gasteiger partial charge on any atom is -0.359 e. The van der Waals surface area contributed by atoms with E-state index in [1.54, 1.807) is 0 Å². The number of hydrogen-bond donors (Lipinski definition) is 1. The largest absolute Gasteiger partial charge is 0.359 e. The zero-order chi connectivity index (χ0) is 9.68. The van der Waals surface area contributed by atoms with Gasteiger partial charge in [0.15, 0.2) is 0 Å². The van der Waals surface area contributed by atoms with E-state index in [4.69, 9.17) is 0 Å². The molecule has 74 valence electrons. The Balaban J connectivity index is 2.24. The fraction of sp³-hybridized carbons (Fsp3) is 0.714. The van der Waals surface area contributed by atoms with Crippen LogP contribution in [0.25, 0.3) is 0 Å². The van der Waals surface area contributed by atoms with E-state index in [-0.39, 0.29) is 0 Å². The van der Waals surface area contributed by atoms with Crippen molar-refractivity contribution in [3.05, 3.63) is 5.82 Å². The lowest BCUT2D eigenvalue weighted by atomic mass is 10.7. The molecule has 0 aromatic carbocycles. The highest BCUT2D eigenvalue weighted by Crippen LogP contribution is 2.08. The maximum absolute atomic E-state index is 11.0. The van der Waals surface area contributed by atoms with Crippen LogP contribution < -0.4 is 5.32 Å². The molecule has 13 heavy (non-hydrogen) atoms. The highest BCUT2D eigenvalue weighted by molar-refractivity contribution is 7.84. The van der Waals surface area contributed by atoms with Gasteiger partial charge in [0.05, 0.1) is 0 Å². The number of aromatic nitrogens is 2. The Bertz CT molecular complexity index is 287. The van der Waals surface area contributed by atoms with Crippen molar-refractivity contribution in [1.82, 2.24) is 9.36 Å². The second-order valence-electron chi connectivity index (χ2n) is 2.51. The van der Waals surface area contributed by atoms with Crippen LogP contribution in [0.4, 0.5) is 5.13 Å². The van der Waals surface area contributed by atoms with Crippen LogP contribution in [0.5, 0.6) is 0 Å². The summed E-state index contributed by atoms with van der Waals surface area (Å²) in [7, 11) is -0.700. The zero-order valence-electron chi connectivity index (χ0n) is 7.74. The SMILES string of the molecule is CCS(=O)CCNc1nc(C)ns1. The lowest BCUT2D eigenvalue weighted by Crippen LogP contribution is -2.11. The number of nitrogens with zero attached hydrogens (tertiary/aromatic N) is 2. The summed E-state index contributed by atoms with van der Waals surface area (Å²) in [5, 5.41) is 3.89. The Labute approximate surface area is 84.4 Å². The molecule has 1 rings (SSSR count). The van der Waals surface area contributed by atoms with Crippen molar-refractivity contribution in [3.8, 4) is 0 Å². The summed E-state index contributed by atoms with van der Waals surface area (Å²) in [6, 6.07) is 0. The van der Waals surface area contributed by atoms with Gasteiger partial charge in [0, 0.05) is 40.4 Å². The van der Waals surface area contributed by atoms with Crippen molar-refractivity contribution >= 4 is 27.5 Å². The fourth-order valence-corrected chi connectivity index (χ4v) is 2.00. The van der Waals surface area contributed by atoms with Gasteiger partial charge in [-0.1, -0.05) is 6.92 Å². The summed E-state index contributed by atoms with van der Waals surface area (Å²) in [6.45, 7) is 4.48. The first-order chi connectivity index (χ1) is 6.22. The van der Waals surface area contributed by atoms with Crippen LogP contribution in [0.1, 0.15) is 12.7 Å². The second kappa shape index (κ2) is 5.29. The van der Waals surface area contributed by atoms with Crippen molar-refractivity contribution in [2.24, 2.45) is 0 Å². The molecule has 0 saturated carbocycles. The van der Waals surface area contributed by atoms with Gasteiger partial charge in [-0.15, -0.1) is 0 Å². The molecule has 0 spiro atoms. The van der Waals surface area contributed by atoms with E-state index in [1.165, 1.54) is 11.5 Å². The van der Waals surface area contributed by atoms with Crippen LogP contribution in [0.2, 0.25) is 0 Å². The fourth-order valence-electron chi connectivity index (χ4n) is 0.785. The topological polar surface area (TPSA) is 54.9 Å². The van der Waals surface area contributed by atoms with E-state index < -0.39 is 10.8 Å². The summed E-state index contributed by atoms with van der Waals surface area (Å²) < 4.78 is 15.1. The van der Waals surface area contributed by atoms with Gasteiger partial charge in [0.25, 0.3) is 0 Å². The van der Waals surface area contributed by atoms with E-state index in [0.717, 1.165) is 16.7 Å². The molecule has 1 N–H and O–H groups in total. The number of nitrogens with one attached hydrogen (secondary N) is 1. The molecule has 0 amide bonds. The normalized spacial score (nSPS) is 12.8. The summed E-state index contributed by atoms with van der Waals surface area (Å²) in [6.07, 6.45) is 0. The van der Waals surface area contributed by atoms with Gasteiger partial charge in [-0.05, 0) is 6.92 Å². The van der Waals surface area contributed by atoms with Crippen LogP contribution in [-0.2, 0) is 10.8 Å². The summed E-state index contributed by atoms with van der Waals surface area (Å²) in [5.74, 6) is 2.18. The minimum absolute atomic E-state index is 0.676. The van der Waals surface area contributed by atoms with Crippen molar-refractivity contribution in [1.29, 1.82) is 0 Å². The molecule has 1 unspecified atom stereocenters. The van der Waals surface area contributed by atoms with Crippen LogP contribution in [-0.4, -0.2) is 31.6 Å². The molecular formula is C7H13N3OS2. The van der Waals surface area contributed by atoms with Crippen LogP contribution in [0.3, 0.4) is 0 Å². The third-order valence-electron chi connectivity index (χ3n) is 1.46. The molecule has 0 saturated heterocycles. The molecule has 0 aliphatic rings. The van der Waals surface area contributed by atoms with Gasteiger partial charge in [0.1, 0.15) is 5.82 Å². The van der Waals surface area contributed by atoms with Crippen molar-refractivity contribution in [2.75, 3.05) is 23.4 Å². The predicted molar refractivity (Wildman–Crippen MR) is 56.7 cm³/mol. The lowest BCUT2D eigenvalue weighted by Gasteiger charge is -1.99. The average molecular weight is 219 g/mol. The molecule has 0 fully saturated rings. The molecule has 0 bridgehead atoms. The molecular weight excluding hydrogens is 206 g/mol. The molecule has 1 aromatic heterocycles. The van der Waals surface area contributed by atoms with Crippen molar-refractivity contribution < 1.29 is 4.21 Å². The first-order valence-corrected chi connectivity index (χ1v) is 6.37. The summed E-state index contributed by atoms with van der Waals surface area (Å²) in [4.78, 5) is 4.13. The number of anilines is 1. The third kappa shape index (κ3) is 3.82. The quantitative estimate of drug-likeness (QED) is 0.803. The highest BCUT2D eigenvalue weighted by Gasteiger charge is 1.99. The number of hydrogen-bond acceptors (Lipinski definition) is 5. The minimum atomic E-state index is -0.700. The first-order valence-electron chi connectivity index (χ1n) is 4.11. The van der Waals surface area contributed by atoms with E-state index in [9.17, 15) is 4.21 Å². The number of aryl methyl sites for hydroxylation is 1. The van der Waals surface area contributed by atoms with Crippen LogP contribution >= 0.6 is 11.5 Å². The molecule has 1 aromatic rings. The third-order valence-corrected chi connectivity index (χ3v) is 3.52. The smallest absolute Gasteiger partial charge is 0.202 e. The first kappa shape index (κ1) is 10.6. The molecule has 0 radical (unpaired) electrons. The van der Waals surface area contributed by atoms with Gasteiger partial charge in [0.2, 0.25) is 5.13 Å². The zero-order valence-corrected chi connectivity index (χ0v) is 9.37. The maximum atomic E-state index is 11.0. The molecule has 1 atom stereocenters. The Morgan fingerprint density at radius 1 is 1.62 bits per heavy atom. The van der Waals surface area contributed by atoms with Crippen molar-refractivity contribution in [2.45, 2.75) is 13.8 Å². The van der Waals surface area contributed by atoms with Gasteiger partial charge < -0.3 is 5.32 Å². The van der Waals surface area contributed by atoms with E-state index in [0.29, 0.717) is 12.3 Å². The van der Waals surface area contributed by atoms with E-state index in [2.05, 4.69) is 14.7 Å². The molecule has 0 aliphatic heterocycles. The molecule has 6 heteroatoms. The number of rotatable bonds is 5. The van der Waals surface area contributed by atoms with Crippen LogP contribution in [0, 0.1) is 6.92 Å². The van der Waals surface area contributed by atoms with E-state index in [1.807, 2.05) is 13.8 Å². The Hall–Kier alpha value is -0.490. The van der Waals surface area contributed by atoms with Gasteiger partial charge in [-0.3, -0.25) is 4.21 Å². The predicted octanol–water partition coefficient (Wildman–Crippen LogP) is 1.03. The molecule has 0 aliphatic carbocycles. The lowest BCUT2D eigenvalue weighted by molar-refractivity contribution is 0.684. The summed E-state index contributed by atoms with van der Waals surface area (Å²) in [5.41, 5.74) is 0. The second-order valence-corrected chi connectivity index (χ2v) is 5.12. The average Bonchev–Trinajstić information content (AvgIpc) is 2.51. The standard InChI is InChI=1S/C7H13N3OS2/c1-3-13(11)5-4-8-7-9-6(2)10-12-7/h3-5H2,1-2H3,(H,8,9,10). The molecule has 1 heterocycles. The van der Waals surface area contributed by atoms with E-state index >= 15 is 0 Å². The van der Waals surface area contributed by atoms with Crippen LogP contribution in [0.15, 0.2) is 0 Å². The highest BCUT2D eigenvalue weighted by atomic mass is 32.2. The monoisotopic (exact) mass is 219 g/mol. The van der Waals surface area contributed by atoms with Crippen molar-refractivity contribution in [3.63, 3.8) is 0 Å². The van der Waals surface area contributed by atoms with Gasteiger partial charge >= 0.3 is 0 Å². The molecule has 4 nitrogen and oxygen atoms in total. The Kier molecular flexibility index (Phi) is 4.31. The van der Waals surface area contributed by atoms with Gasteiger partial charge in [-0.25, -0.2) is 4.98 Å².